The second kappa shape index (κ2) is 19.2. The molecule has 0 aliphatic heterocycles. The van der Waals surface area contributed by atoms with E-state index in [2.05, 4.69) is 19.1 Å². The predicted octanol–water partition coefficient (Wildman–Crippen LogP) is 3.00. The van der Waals surface area contributed by atoms with Crippen LogP contribution in [-0.2, 0) is 11.2 Å². The van der Waals surface area contributed by atoms with Gasteiger partial charge < -0.3 is 27.0 Å². The number of carbonyl (C=O) groups excluding carboxylic acids is 1. The van der Waals surface area contributed by atoms with Gasteiger partial charge in [-0.15, -0.1) is 0 Å². The molecule has 0 amide bonds. The van der Waals surface area contributed by atoms with Crippen LogP contribution in [0.1, 0.15) is 48.5 Å². The lowest BCUT2D eigenvalue weighted by atomic mass is 10.1. The summed E-state index contributed by atoms with van der Waals surface area (Å²) in [6.45, 7) is 4.12. The number of aldehydes is 1. The fraction of sp³-hybridized carbons (Fsp3) is 0.417. The molecular formula is C24H37N3O4. The number of nitrogens with two attached hydrogens (primary N) is 3. The van der Waals surface area contributed by atoms with Crippen molar-refractivity contribution in [3.8, 4) is 5.75 Å². The van der Waals surface area contributed by atoms with Crippen molar-refractivity contribution in [2.75, 3.05) is 19.7 Å². The molecule has 7 heteroatoms. The number of benzene rings is 2. The van der Waals surface area contributed by atoms with Crippen LogP contribution in [0.15, 0.2) is 54.6 Å². The molecule has 2 rings (SSSR count). The number of aliphatic carboxylic acids is 1. The van der Waals surface area contributed by atoms with Crippen molar-refractivity contribution >= 4 is 12.3 Å². The van der Waals surface area contributed by atoms with Crippen LogP contribution in [-0.4, -0.2) is 43.1 Å². The smallest absolute Gasteiger partial charge is 0.320 e. The summed E-state index contributed by atoms with van der Waals surface area (Å²) in [4.78, 5) is 20.4. The molecule has 0 radical (unpaired) electrons. The molecule has 172 valence electrons. The number of carboxylic acids is 1. The van der Waals surface area contributed by atoms with E-state index in [0.717, 1.165) is 50.9 Å². The summed E-state index contributed by atoms with van der Waals surface area (Å²) in [5.41, 5.74) is 17.8. The van der Waals surface area contributed by atoms with Gasteiger partial charge in [0.05, 0.1) is 6.61 Å². The van der Waals surface area contributed by atoms with Crippen molar-refractivity contribution in [1.82, 2.24) is 0 Å². The van der Waals surface area contributed by atoms with Crippen LogP contribution < -0.4 is 21.9 Å². The van der Waals surface area contributed by atoms with Crippen LogP contribution in [0.5, 0.6) is 5.75 Å². The maximum Gasteiger partial charge on any atom is 0.320 e. The van der Waals surface area contributed by atoms with Crippen molar-refractivity contribution < 1.29 is 19.4 Å². The molecule has 1 unspecified atom stereocenters. The molecule has 7 N–H and O–H groups in total. The van der Waals surface area contributed by atoms with Crippen molar-refractivity contribution in [3.05, 3.63) is 65.7 Å². The summed E-state index contributed by atoms with van der Waals surface area (Å²) in [7, 11) is 0. The Hall–Kier alpha value is -2.74. The second-order valence-electron chi connectivity index (χ2n) is 6.79. The minimum atomic E-state index is -0.933. The molecule has 31 heavy (non-hydrogen) atoms. The van der Waals surface area contributed by atoms with E-state index in [1.165, 1.54) is 5.56 Å². The third-order valence-electron chi connectivity index (χ3n) is 4.05. The van der Waals surface area contributed by atoms with Gasteiger partial charge in [-0.2, -0.15) is 0 Å². The van der Waals surface area contributed by atoms with Gasteiger partial charge in [-0.1, -0.05) is 43.7 Å². The Morgan fingerprint density at radius 1 is 1.03 bits per heavy atom. The number of unbranched alkanes of at least 4 members (excludes halogenated alkanes) is 1. The summed E-state index contributed by atoms with van der Waals surface area (Å²) in [5, 5.41) is 8.33. The van der Waals surface area contributed by atoms with Crippen LogP contribution in [0, 0.1) is 0 Å². The molecule has 0 fully saturated rings. The third kappa shape index (κ3) is 15.7. The highest BCUT2D eigenvalue weighted by Gasteiger charge is 2.09. The zero-order valence-corrected chi connectivity index (χ0v) is 18.4. The number of carboxylic acid groups (broad SMARTS) is 1. The molecule has 0 spiro atoms. The maximum atomic E-state index is 10.3. The van der Waals surface area contributed by atoms with E-state index in [0.29, 0.717) is 18.5 Å². The Morgan fingerprint density at radius 3 is 2.16 bits per heavy atom. The van der Waals surface area contributed by atoms with Gasteiger partial charge in [0, 0.05) is 5.56 Å². The molecule has 0 aliphatic carbocycles. The first-order chi connectivity index (χ1) is 15.0. The highest BCUT2D eigenvalue weighted by molar-refractivity contribution is 5.74. The number of carbonyl (C=O) groups is 2. The van der Waals surface area contributed by atoms with Gasteiger partial charge in [-0.25, -0.2) is 0 Å². The molecule has 0 heterocycles. The van der Waals surface area contributed by atoms with Gasteiger partial charge in [0.1, 0.15) is 18.1 Å². The van der Waals surface area contributed by atoms with Gasteiger partial charge in [-0.3, -0.25) is 9.59 Å². The highest BCUT2D eigenvalue weighted by atomic mass is 16.5. The van der Waals surface area contributed by atoms with E-state index in [9.17, 15) is 9.59 Å². The van der Waals surface area contributed by atoms with E-state index in [1.54, 1.807) is 24.3 Å². The lowest BCUT2D eigenvalue weighted by Gasteiger charge is -2.03. The molecule has 0 saturated heterocycles. The highest BCUT2D eigenvalue weighted by Crippen LogP contribution is 2.10. The van der Waals surface area contributed by atoms with Crippen LogP contribution in [0.2, 0.25) is 0 Å². The van der Waals surface area contributed by atoms with Crippen molar-refractivity contribution in [1.29, 1.82) is 0 Å². The molecular weight excluding hydrogens is 394 g/mol. The maximum absolute atomic E-state index is 10.3. The lowest BCUT2D eigenvalue weighted by Crippen LogP contribution is -2.29. The first-order valence-corrected chi connectivity index (χ1v) is 10.6. The largest absolute Gasteiger partial charge is 0.494 e. The fourth-order valence-corrected chi connectivity index (χ4v) is 2.31. The molecule has 2 aromatic rings. The molecule has 2 aromatic carbocycles. The minimum absolute atomic E-state index is 0.520. The van der Waals surface area contributed by atoms with Gasteiger partial charge in [0.2, 0.25) is 0 Å². The van der Waals surface area contributed by atoms with Crippen LogP contribution >= 0.6 is 0 Å². The second-order valence-corrected chi connectivity index (χ2v) is 6.79. The van der Waals surface area contributed by atoms with Crippen molar-refractivity contribution in [3.63, 3.8) is 0 Å². The number of hydrogen-bond donors (Lipinski definition) is 4. The molecule has 0 aliphatic rings. The zero-order chi connectivity index (χ0) is 23.3. The Kier molecular flexibility index (Phi) is 17.5. The molecule has 7 nitrogen and oxygen atoms in total. The standard InChI is InChI=1S/C10H12O2.C8H11N.C6H14N2O2/c1-2-7-12-10-5-3-9(8-11)4-6-10;9-7-6-8-4-2-1-3-5-8;7-4-2-1-3-5(8)6(9)10/h3-6,8H,2,7H2,1H3;1-5H,6-7,9H2;5H,1-4,7-8H2,(H,9,10). The van der Waals surface area contributed by atoms with E-state index in [1.807, 2.05) is 18.2 Å². The Balaban J connectivity index is 0.000000441. The average molecular weight is 432 g/mol. The quantitative estimate of drug-likeness (QED) is 0.316. The van der Waals surface area contributed by atoms with Crippen LogP contribution in [0.4, 0.5) is 0 Å². The monoisotopic (exact) mass is 431 g/mol. The number of hydrogen-bond acceptors (Lipinski definition) is 6. The first kappa shape index (κ1) is 28.3. The molecule has 0 aromatic heterocycles. The fourth-order valence-electron chi connectivity index (χ4n) is 2.31. The normalized spacial score (nSPS) is 10.6. The van der Waals surface area contributed by atoms with Gasteiger partial charge in [0.25, 0.3) is 0 Å². The van der Waals surface area contributed by atoms with E-state index in [-0.39, 0.29) is 0 Å². The van der Waals surface area contributed by atoms with Gasteiger partial charge >= 0.3 is 5.97 Å². The lowest BCUT2D eigenvalue weighted by molar-refractivity contribution is -0.138. The Labute approximate surface area is 185 Å². The summed E-state index contributed by atoms with van der Waals surface area (Å²) < 4.78 is 5.34. The Morgan fingerprint density at radius 2 is 1.68 bits per heavy atom. The van der Waals surface area contributed by atoms with E-state index in [4.69, 9.17) is 27.0 Å². The number of rotatable bonds is 11. The van der Waals surface area contributed by atoms with Crippen molar-refractivity contribution in [2.45, 2.75) is 45.1 Å². The molecule has 1 atom stereocenters. The predicted molar refractivity (Wildman–Crippen MR) is 125 cm³/mol. The minimum Gasteiger partial charge on any atom is -0.494 e. The van der Waals surface area contributed by atoms with E-state index >= 15 is 0 Å². The molecule has 0 bridgehead atoms. The summed E-state index contributed by atoms with van der Waals surface area (Å²) in [6, 6.07) is 16.6. The third-order valence-corrected chi connectivity index (χ3v) is 4.05. The van der Waals surface area contributed by atoms with Crippen LogP contribution in [0.25, 0.3) is 0 Å². The zero-order valence-electron chi connectivity index (χ0n) is 18.4. The SMILES string of the molecule is CCCOc1ccc(C=O)cc1.NCCCCC(N)C(=O)O.NCCc1ccccc1. The average Bonchev–Trinajstić information content (AvgIpc) is 2.80. The van der Waals surface area contributed by atoms with Gasteiger partial charge in [-0.05, 0) is 68.6 Å². The first-order valence-electron chi connectivity index (χ1n) is 10.6. The summed E-state index contributed by atoms with van der Waals surface area (Å²) >= 11 is 0. The van der Waals surface area contributed by atoms with Crippen molar-refractivity contribution in [2.24, 2.45) is 17.2 Å². The molecule has 0 saturated carbocycles. The van der Waals surface area contributed by atoms with Gasteiger partial charge in [0.15, 0.2) is 0 Å². The number of ether oxygens (including phenoxy) is 1. The summed E-state index contributed by atoms with van der Waals surface area (Å²) in [5.74, 6) is -0.112. The van der Waals surface area contributed by atoms with E-state index < -0.39 is 12.0 Å². The summed E-state index contributed by atoms with van der Waals surface area (Å²) in [6.07, 6.45) is 4.97. The topological polar surface area (TPSA) is 142 Å². The Bertz CT molecular complexity index is 694. The van der Waals surface area contributed by atoms with Crippen LogP contribution in [0.3, 0.4) is 0 Å².